The number of alkyl halides is 3. The number of methoxy groups -OCH3 is 2. The number of esters is 1. The topological polar surface area (TPSA) is 122 Å². The molecule has 2 heterocycles. The summed E-state index contributed by atoms with van der Waals surface area (Å²) in [6, 6.07) is 6.01. The van der Waals surface area contributed by atoms with Crippen LogP contribution in [0.25, 0.3) is 0 Å². The summed E-state index contributed by atoms with van der Waals surface area (Å²) in [5.41, 5.74) is 0.498. The largest absolute Gasteiger partial charge is 0.482 e. The maximum absolute atomic E-state index is 14.2. The lowest BCUT2D eigenvalue weighted by Crippen LogP contribution is -2.54. The maximum Gasteiger partial charge on any atom is 0.422 e. The van der Waals surface area contributed by atoms with Crippen LogP contribution in [0.2, 0.25) is 0 Å². The van der Waals surface area contributed by atoms with Gasteiger partial charge in [-0.25, -0.2) is 23.3 Å². The molecule has 46 heavy (non-hydrogen) atoms. The molecule has 2 aliphatic heterocycles. The number of benzene rings is 2. The number of amides is 4. The quantitative estimate of drug-likeness (QED) is 0.210. The number of nitrogens with one attached hydrogen (secondary N) is 2. The zero-order valence-electron chi connectivity index (χ0n) is 25.1. The molecule has 250 valence electrons. The Balaban J connectivity index is 1.37. The van der Waals surface area contributed by atoms with Crippen molar-refractivity contribution in [1.29, 1.82) is 0 Å². The highest BCUT2D eigenvalue weighted by molar-refractivity contribution is 6.12. The van der Waals surface area contributed by atoms with Gasteiger partial charge in [-0.15, -0.1) is 0 Å². The number of ether oxygens (including phenoxy) is 3. The first-order valence-electron chi connectivity index (χ1n) is 14.4. The van der Waals surface area contributed by atoms with E-state index in [1.807, 2.05) is 4.90 Å². The van der Waals surface area contributed by atoms with E-state index in [0.29, 0.717) is 36.5 Å². The van der Waals surface area contributed by atoms with Gasteiger partial charge in [0, 0.05) is 39.3 Å². The van der Waals surface area contributed by atoms with Crippen LogP contribution in [0.15, 0.2) is 47.5 Å². The van der Waals surface area contributed by atoms with Crippen LogP contribution in [-0.4, -0.2) is 94.5 Å². The molecule has 0 spiro atoms. The summed E-state index contributed by atoms with van der Waals surface area (Å²) in [4.78, 5) is 45.7. The number of nitrogens with zero attached hydrogens (tertiary/aromatic N) is 3. The van der Waals surface area contributed by atoms with Crippen molar-refractivity contribution in [2.75, 3.05) is 58.5 Å². The smallest absolute Gasteiger partial charge is 0.422 e. The number of halogens is 5. The minimum atomic E-state index is -4.45. The number of hydrogen-bond acceptors (Lipinski definition) is 8. The molecule has 0 bridgehead atoms. The highest BCUT2D eigenvalue weighted by Gasteiger charge is 2.47. The number of anilines is 1. The van der Waals surface area contributed by atoms with Crippen molar-refractivity contribution < 1.29 is 50.5 Å². The number of imide groups is 1. The Morgan fingerprint density at radius 2 is 1.74 bits per heavy atom. The van der Waals surface area contributed by atoms with Crippen molar-refractivity contribution in [2.45, 2.75) is 31.1 Å². The van der Waals surface area contributed by atoms with E-state index in [0.717, 1.165) is 25.3 Å². The summed E-state index contributed by atoms with van der Waals surface area (Å²) in [7, 11) is 2.42. The Morgan fingerprint density at radius 1 is 1.02 bits per heavy atom. The number of carbonyl (C=O) groups is 3. The van der Waals surface area contributed by atoms with Crippen LogP contribution in [0.5, 0.6) is 5.75 Å². The predicted molar refractivity (Wildman–Crippen MR) is 156 cm³/mol. The Bertz CT molecular complexity index is 1430. The molecule has 16 heteroatoms. The van der Waals surface area contributed by atoms with Crippen LogP contribution in [-0.2, 0) is 14.3 Å². The normalized spacial score (nSPS) is 19.1. The summed E-state index contributed by atoms with van der Waals surface area (Å²) >= 11 is 0. The van der Waals surface area contributed by atoms with Crippen LogP contribution in [0.1, 0.15) is 24.4 Å². The van der Waals surface area contributed by atoms with Gasteiger partial charge in [-0.3, -0.25) is 4.79 Å². The summed E-state index contributed by atoms with van der Waals surface area (Å²) in [5, 5.41) is 5.91. The predicted octanol–water partition coefficient (Wildman–Crippen LogP) is 4.23. The van der Waals surface area contributed by atoms with E-state index in [1.165, 1.54) is 13.2 Å². The van der Waals surface area contributed by atoms with E-state index in [-0.39, 0.29) is 42.8 Å². The van der Waals surface area contributed by atoms with Crippen molar-refractivity contribution in [3.8, 4) is 5.75 Å². The number of rotatable bonds is 11. The fraction of sp³-hybridized carbons (Fsp3) is 0.467. The molecule has 4 rings (SSSR count). The lowest BCUT2D eigenvalue weighted by atomic mass is 9.86. The standard InChI is InChI=1S/C30H34F5N5O6/c1-44-16-22-25(27(41)45-2)26(18-7-8-20(31)21(32)15-18)40(29(43)38-22)28(42)37-12-11-36-19-9-13-39(14-10-19)23-5-3-4-6-24(23)46-17-30(33,34)35/h3-8,15,19,25-26,36H,9-14,16-17H2,1-2H3,(H,37,42)/t25?,26-/m0/s1. The Kier molecular flexibility index (Phi) is 11.5. The van der Waals surface area contributed by atoms with Gasteiger partial charge in [0.15, 0.2) is 18.2 Å². The SMILES string of the molecule is COCC1=NC(=O)N(C(=O)NCCNC2CCN(c3ccccc3OCC(F)(F)F)CC2)[C@@H](c2ccc(F)c(F)c2)C1C(=O)OC. The van der Waals surface area contributed by atoms with Crippen LogP contribution >= 0.6 is 0 Å². The lowest BCUT2D eigenvalue weighted by Gasteiger charge is -2.37. The average Bonchev–Trinajstić information content (AvgIpc) is 3.03. The maximum atomic E-state index is 14.2. The molecule has 0 aromatic heterocycles. The first kappa shape index (κ1) is 34.6. The van der Waals surface area contributed by atoms with Crippen molar-refractivity contribution in [3.63, 3.8) is 0 Å². The van der Waals surface area contributed by atoms with Crippen LogP contribution in [0.3, 0.4) is 0 Å². The monoisotopic (exact) mass is 655 g/mol. The number of aliphatic imine (C=N–C) groups is 1. The van der Waals surface area contributed by atoms with E-state index in [4.69, 9.17) is 14.2 Å². The van der Waals surface area contributed by atoms with Gasteiger partial charge in [-0.05, 0) is 42.7 Å². The van der Waals surface area contributed by atoms with Crippen molar-refractivity contribution in [2.24, 2.45) is 10.9 Å². The van der Waals surface area contributed by atoms with Gasteiger partial charge >= 0.3 is 24.2 Å². The molecule has 0 aliphatic carbocycles. The molecule has 1 fully saturated rings. The highest BCUT2D eigenvalue weighted by Crippen LogP contribution is 2.36. The number of carbonyl (C=O) groups excluding carboxylic acids is 3. The molecule has 2 aliphatic rings. The highest BCUT2D eigenvalue weighted by atomic mass is 19.4. The summed E-state index contributed by atoms with van der Waals surface area (Å²) in [5.74, 6) is -4.45. The summed E-state index contributed by atoms with van der Waals surface area (Å²) < 4.78 is 81.0. The Morgan fingerprint density at radius 3 is 2.39 bits per heavy atom. The van der Waals surface area contributed by atoms with Crippen LogP contribution in [0, 0.1) is 17.6 Å². The third kappa shape index (κ3) is 8.48. The van der Waals surface area contributed by atoms with Gasteiger partial charge in [0.25, 0.3) is 0 Å². The molecule has 2 N–H and O–H groups in total. The van der Waals surface area contributed by atoms with Gasteiger partial charge in [0.1, 0.15) is 11.7 Å². The first-order chi connectivity index (χ1) is 21.9. The number of piperidine rings is 1. The van der Waals surface area contributed by atoms with Gasteiger partial charge in [-0.1, -0.05) is 18.2 Å². The molecule has 2 aromatic rings. The zero-order valence-corrected chi connectivity index (χ0v) is 25.1. The molecule has 4 amide bonds. The third-order valence-electron chi connectivity index (χ3n) is 7.58. The molecule has 2 atom stereocenters. The lowest BCUT2D eigenvalue weighted by molar-refractivity contribution is -0.153. The molecule has 1 saturated heterocycles. The van der Waals surface area contributed by atoms with Crippen molar-refractivity contribution >= 4 is 29.4 Å². The summed E-state index contributed by atoms with van der Waals surface area (Å²) in [6.07, 6.45) is -3.14. The number of para-hydroxylation sites is 2. The molecular formula is C30H34F5N5O6. The van der Waals surface area contributed by atoms with E-state index >= 15 is 0 Å². The molecule has 2 aromatic carbocycles. The van der Waals surface area contributed by atoms with Crippen LogP contribution in [0.4, 0.5) is 37.2 Å². The summed E-state index contributed by atoms with van der Waals surface area (Å²) in [6.45, 7) is -0.202. The molecule has 0 radical (unpaired) electrons. The van der Waals surface area contributed by atoms with Gasteiger partial charge in [-0.2, -0.15) is 18.2 Å². The fourth-order valence-electron chi connectivity index (χ4n) is 5.46. The fourth-order valence-corrected chi connectivity index (χ4v) is 5.46. The second-order valence-electron chi connectivity index (χ2n) is 10.6. The second-order valence-corrected chi connectivity index (χ2v) is 10.6. The molecule has 1 unspecified atom stereocenters. The molecule has 0 saturated carbocycles. The number of hydrogen-bond donors (Lipinski definition) is 2. The Labute approximate surface area is 261 Å². The first-order valence-corrected chi connectivity index (χ1v) is 14.4. The average molecular weight is 656 g/mol. The van der Waals surface area contributed by atoms with Gasteiger partial charge < -0.3 is 29.7 Å². The zero-order chi connectivity index (χ0) is 33.4. The third-order valence-corrected chi connectivity index (χ3v) is 7.58. The van der Waals surface area contributed by atoms with Crippen molar-refractivity contribution in [1.82, 2.24) is 15.5 Å². The minimum absolute atomic E-state index is 0.0310. The van der Waals surface area contributed by atoms with E-state index in [9.17, 15) is 36.3 Å². The van der Waals surface area contributed by atoms with E-state index in [2.05, 4.69) is 15.6 Å². The second kappa shape index (κ2) is 15.3. The number of urea groups is 2. The molecular weight excluding hydrogens is 621 g/mol. The van der Waals surface area contributed by atoms with Crippen LogP contribution < -0.4 is 20.3 Å². The Hall–Kier alpha value is -4.31. The van der Waals surface area contributed by atoms with Gasteiger partial charge in [0.05, 0.1) is 31.2 Å². The minimum Gasteiger partial charge on any atom is -0.482 e. The van der Waals surface area contributed by atoms with E-state index < -0.39 is 54.4 Å². The van der Waals surface area contributed by atoms with E-state index in [1.54, 1.807) is 18.2 Å². The van der Waals surface area contributed by atoms with Gasteiger partial charge in [0.2, 0.25) is 0 Å². The van der Waals surface area contributed by atoms with Crippen molar-refractivity contribution in [3.05, 3.63) is 59.7 Å². The molecule has 11 nitrogen and oxygen atoms in total.